The number of benzene rings is 1. The minimum atomic E-state index is -0.291. The quantitative estimate of drug-likeness (QED) is 0.908. The van der Waals surface area contributed by atoms with E-state index in [9.17, 15) is 9.59 Å². The van der Waals surface area contributed by atoms with Gasteiger partial charge in [-0.25, -0.2) is 0 Å². The maximum atomic E-state index is 12.3. The first-order valence-corrected chi connectivity index (χ1v) is 7.62. The van der Waals surface area contributed by atoms with Gasteiger partial charge in [-0.3, -0.25) is 9.59 Å². The summed E-state index contributed by atoms with van der Waals surface area (Å²) in [7, 11) is 1.60. The Hall–Kier alpha value is -2.04. The minimum absolute atomic E-state index is 0.0142. The van der Waals surface area contributed by atoms with Crippen LogP contribution in [0.25, 0.3) is 0 Å². The molecule has 1 aliphatic heterocycles. The molecule has 120 valence electrons. The van der Waals surface area contributed by atoms with Crippen LogP contribution in [0.2, 0.25) is 0 Å². The summed E-state index contributed by atoms with van der Waals surface area (Å²) in [4.78, 5) is 26.2. The van der Waals surface area contributed by atoms with Crippen molar-refractivity contribution in [2.45, 2.75) is 39.2 Å². The molecule has 1 aliphatic rings. The van der Waals surface area contributed by atoms with Gasteiger partial charge in [-0.05, 0) is 44.5 Å². The van der Waals surface area contributed by atoms with Crippen LogP contribution < -0.4 is 15.0 Å². The average Bonchev–Trinajstić information content (AvgIpc) is 2.89. The summed E-state index contributed by atoms with van der Waals surface area (Å²) in [6, 6.07) is 7.31. The molecule has 0 aromatic heterocycles. The maximum Gasteiger partial charge on any atom is 0.227 e. The van der Waals surface area contributed by atoms with Crippen molar-refractivity contribution >= 4 is 17.5 Å². The second kappa shape index (κ2) is 6.38. The van der Waals surface area contributed by atoms with Crippen LogP contribution in [-0.2, 0) is 9.59 Å². The molecule has 5 heteroatoms. The summed E-state index contributed by atoms with van der Waals surface area (Å²) in [6.07, 6.45) is 1.11. The SMILES string of the molecule is CCC(C)(C)NC(=O)[C@@H]1CC(=O)N(c2ccc(OC)cc2)C1. The normalized spacial score (nSPS) is 18.5. The van der Waals surface area contributed by atoms with E-state index < -0.39 is 0 Å². The predicted molar refractivity (Wildman–Crippen MR) is 86.0 cm³/mol. The predicted octanol–water partition coefficient (Wildman–Crippen LogP) is 2.35. The van der Waals surface area contributed by atoms with Crippen LogP contribution >= 0.6 is 0 Å². The highest BCUT2D eigenvalue weighted by Crippen LogP contribution is 2.27. The first-order chi connectivity index (χ1) is 10.4. The maximum absolute atomic E-state index is 12.3. The van der Waals surface area contributed by atoms with Crippen molar-refractivity contribution in [3.05, 3.63) is 24.3 Å². The fourth-order valence-electron chi connectivity index (χ4n) is 2.42. The molecule has 5 nitrogen and oxygen atoms in total. The standard InChI is InChI=1S/C17H24N2O3/c1-5-17(2,3)18-16(21)12-10-15(20)19(11-12)13-6-8-14(22-4)9-7-13/h6-9,12H,5,10-11H2,1-4H3,(H,18,21)/t12-/m1/s1. The molecule has 0 aliphatic carbocycles. The summed E-state index contributed by atoms with van der Waals surface area (Å²) >= 11 is 0. The van der Waals surface area contributed by atoms with E-state index in [-0.39, 0.29) is 29.7 Å². The Balaban J connectivity index is 2.05. The van der Waals surface area contributed by atoms with Crippen LogP contribution in [0.5, 0.6) is 5.75 Å². The van der Waals surface area contributed by atoms with Gasteiger partial charge in [0.2, 0.25) is 11.8 Å². The van der Waals surface area contributed by atoms with Crippen LogP contribution in [0.1, 0.15) is 33.6 Å². The second-order valence-electron chi connectivity index (χ2n) is 6.33. The zero-order valence-corrected chi connectivity index (χ0v) is 13.7. The molecule has 1 fully saturated rings. The summed E-state index contributed by atoms with van der Waals surface area (Å²) in [5.41, 5.74) is 0.559. The van der Waals surface area contributed by atoms with E-state index >= 15 is 0 Å². The van der Waals surface area contributed by atoms with E-state index in [4.69, 9.17) is 4.74 Å². The van der Waals surface area contributed by atoms with Crippen molar-refractivity contribution in [1.29, 1.82) is 0 Å². The Kier molecular flexibility index (Phi) is 4.74. The zero-order chi connectivity index (χ0) is 16.3. The number of methoxy groups -OCH3 is 1. The van der Waals surface area contributed by atoms with Crippen LogP contribution in [-0.4, -0.2) is 31.0 Å². The van der Waals surface area contributed by atoms with Crippen molar-refractivity contribution in [2.75, 3.05) is 18.6 Å². The van der Waals surface area contributed by atoms with Gasteiger partial charge in [0.15, 0.2) is 0 Å². The van der Waals surface area contributed by atoms with Gasteiger partial charge in [0, 0.05) is 24.2 Å². The molecule has 1 atom stereocenters. The Labute approximate surface area is 131 Å². The van der Waals surface area contributed by atoms with Gasteiger partial charge in [0.05, 0.1) is 13.0 Å². The Morgan fingerprint density at radius 2 is 2.00 bits per heavy atom. The lowest BCUT2D eigenvalue weighted by atomic mass is 9.99. The highest BCUT2D eigenvalue weighted by molar-refractivity contribution is 6.00. The number of carbonyl (C=O) groups is 2. The summed E-state index contributed by atoms with van der Waals surface area (Å²) in [5, 5.41) is 3.02. The Bertz CT molecular complexity index is 552. The topological polar surface area (TPSA) is 58.6 Å². The molecular formula is C17H24N2O3. The number of carbonyl (C=O) groups excluding carboxylic acids is 2. The van der Waals surface area contributed by atoms with E-state index in [2.05, 4.69) is 5.32 Å². The van der Waals surface area contributed by atoms with Crippen molar-refractivity contribution in [3.8, 4) is 5.75 Å². The largest absolute Gasteiger partial charge is 0.497 e. The molecule has 22 heavy (non-hydrogen) atoms. The molecule has 1 aromatic carbocycles. The van der Waals surface area contributed by atoms with Gasteiger partial charge < -0.3 is 15.0 Å². The second-order valence-corrected chi connectivity index (χ2v) is 6.33. The molecule has 0 radical (unpaired) electrons. The monoisotopic (exact) mass is 304 g/mol. The smallest absolute Gasteiger partial charge is 0.227 e. The fraction of sp³-hybridized carbons (Fsp3) is 0.529. The molecular weight excluding hydrogens is 280 g/mol. The number of nitrogens with zero attached hydrogens (tertiary/aromatic N) is 1. The molecule has 2 amide bonds. The van der Waals surface area contributed by atoms with Crippen LogP contribution in [0.3, 0.4) is 0 Å². The number of hydrogen-bond acceptors (Lipinski definition) is 3. The lowest BCUT2D eigenvalue weighted by Crippen LogP contribution is -2.46. The fourth-order valence-corrected chi connectivity index (χ4v) is 2.42. The summed E-state index contributed by atoms with van der Waals surface area (Å²) in [6.45, 7) is 6.44. The van der Waals surface area contributed by atoms with Crippen molar-refractivity contribution < 1.29 is 14.3 Å². The minimum Gasteiger partial charge on any atom is -0.497 e. The molecule has 0 spiro atoms. The van der Waals surface area contributed by atoms with Crippen LogP contribution in [0.4, 0.5) is 5.69 Å². The third-order valence-electron chi connectivity index (χ3n) is 4.23. The highest BCUT2D eigenvalue weighted by Gasteiger charge is 2.36. The number of rotatable bonds is 5. The van der Waals surface area contributed by atoms with Gasteiger partial charge >= 0.3 is 0 Å². The van der Waals surface area contributed by atoms with Crippen LogP contribution in [0.15, 0.2) is 24.3 Å². The first-order valence-electron chi connectivity index (χ1n) is 7.62. The molecule has 2 rings (SSSR count). The number of nitrogens with one attached hydrogen (secondary N) is 1. The van der Waals surface area contributed by atoms with Gasteiger partial charge in [-0.2, -0.15) is 0 Å². The Morgan fingerprint density at radius 3 is 2.55 bits per heavy atom. The van der Waals surface area contributed by atoms with Crippen molar-refractivity contribution in [3.63, 3.8) is 0 Å². The lowest BCUT2D eigenvalue weighted by molar-refractivity contribution is -0.127. The number of amides is 2. The number of ether oxygens (including phenoxy) is 1. The third kappa shape index (κ3) is 3.59. The van der Waals surface area contributed by atoms with E-state index in [0.717, 1.165) is 17.9 Å². The van der Waals surface area contributed by atoms with Crippen molar-refractivity contribution in [2.24, 2.45) is 5.92 Å². The highest BCUT2D eigenvalue weighted by atomic mass is 16.5. The third-order valence-corrected chi connectivity index (χ3v) is 4.23. The van der Waals surface area contributed by atoms with E-state index in [1.165, 1.54) is 0 Å². The van der Waals surface area contributed by atoms with E-state index in [1.54, 1.807) is 12.0 Å². The summed E-state index contributed by atoms with van der Waals surface area (Å²) < 4.78 is 5.12. The molecule has 1 saturated heterocycles. The number of hydrogen-bond donors (Lipinski definition) is 1. The van der Waals surface area contributed by atoms with E-state index in [1.807, 2.05) is 45.0 Å². The molecule has 1 N–H and O–H groups in total. The van der Waals surface area contributed by atoms with Gasteiger partial charge in [-0.1, -0.05) is 6.92 Å². The Morgan fingerprint density at radius 1 is 1.36 bits per heavy atom. The van der Waals surface area contributed by atoms with Gasteiger partial charge in [-0.15, -0.1) is 0 Å². The molecule has 1 heterocycles. The molecule has 1 aromatic rings. The summed E-state index contributed by atoms with van der Waals surface area (Å²) in [5.74, 6) is 0.394. The molecule has 0 saturated carbocycles. The van der Waals surface area contributed by atoms with E-state index in [0.29, 0.717) is 6.54 Å². The molecule has 0 bridgehead atoms. The average molecular weight is 304 g/mol. The van der Waals surface area contributed by atoms with Crippen molar-refractivity contribution in [1.82, 2.24) is 5.32 Å². The van der Waals surface area contributed by atoms with Gasteiger partial charge in [0.1, 0.15) is 5.75 Å². The first kappa shape index (κ1) is 16.3. The zero-order valence-electron chi connectivity index (χ0n) is 13.7. The lowest BCUT2D eigenvalue weighted by Gasteiger charge is -2.26. The van der Waals surface area contributed by atoms with Gasteiger partial charge in [0.25, 0.3) is 0 Å². The molecule has 0 unspecified atom stereocenters. The van der Waals surface area contributed by atoms with Crippen LogP contribution in [0, 0.1) is 5.92 Å². The number of anilines is 1.